The van der Waals surface area contributed by atoms with E-state index >= 15 is 0 Å². The molecule has 11 heavy (non-hydrogen) atoms. The number of carbonyl (C=O) groups is 1. The number of likely N-dealkylation sites (tertiary alicyclic amines) is 1. The fourth-order valence-corrected chi connectivity index (χ4v) is 1.69. The Balaban J connectivity index is 2.51. The smallest absolute Gasteiger partial charge is 0.320 e. The van der Waals surface area contributed by atoms with Gasteiger partial charge >= 0.3 is 5.97 Å². The number of hydrogen-bond acceptors (Lipinski definition) is 2. The van der Waals surface area contributed by atoms with E-state index in [1.54, 1.807) is 0 Å². The van der Waals surface area contributed by atoms with Crippen molar-refractivity contribution in [1.29, 1.82) is 0 Å². The number of likely N-dealkylation sites (N-methyl/N-ethyl adjacent to an activating group) is 1. The van der Waals surface area contributed by atoms with Crippen molar-refractivity contribution < 1.29 is 9.90 Å². The highest BCUT2D eigenvalue weighted by atomic mass is 16.4. The molecule has 2 atom stereocenters. The summed E-state index contributed by atoms with van der Waals surface area (Å²) in [5, 5.41) is 8.76. The predicted octanol–water partition coefficient (Wildman–Crippen LogP) is 0.801. The molecular weight excluding hydrogens is 142 g/mol. The van der Waals surface area contributed by atoms with Gasteiger partial charge < -0.3 is 5.11 Å². The van der Waals surface area contributed by atoms with Gasteiger partial charge in [-0.25, -0.2) is 0 Å². The van der Waals surface area contributed by atoms with Crippen molar-refractivity contribution in [3.05, 3.63) is 0 Å². The summed E-state index contributed by atoms with van der Waals surface area (Å²) in [5.41, 5.74) is 0. The second-order valence-electron chi connectivity index (χ2n) is 3.30. The van der Waals surface area contributed by atoms with Gasteiger partial charge in [-0.05, 0) is 19.4 Å². The van der Waals surface area contributed by atoms with Gasteiger partial charge in [0.05, 0.1) is 0 Å². The molecule has 1 saturated heterocycles. The molecule has 1 heterocycles. The minimum absolute atomic E-state index is 0.236. The molecule has 1 unspecified atom stereocenters. The van der Waals surface area contributed by atoms with Crippen molar-refractivity contribution in [2.45, 2.75) is 25.8 Å². The Morgan fingerprint density at radius 1 is 1.73 bits per heavy atom. The van der Waals surface area contributed by atoms with Crippen molar-refractivity contribution >= 4 is 5.97 Å². The van der Waals surface area contributed by atoms with Crippen molar-refractivity contribution in [3.63, 3.8) is 0 Å². The summed E-state index contributed by atoms with van der Waals surface area (Å²) in [6, 6.07) is -0.236. The van der Waals surface area contributed by atoms with E-state index < -0.39 is 5.97 Å². The Morgan fingerprint density at radius 2 is 2.36 bits per heavy atom. The Hall–Kier alpha value is -0.570. The molecule has 1 fully saturated rings. The average molecular weight is 157 g/mol. The van der Waals surface area contributed by atoms with Crippen molar-refractivity contribution in [3.8, 4) is 0 Å². The van der Waals surface area contributed by atoms with Crippen molar-refractivity contribution in [2.75, 3.05) is 13.6 Å². The molecule has 0 spiro atoms. The number of carboxylic acid groups (broad SMARTS) is 1. The lowest BCUT2D eigenvalue weighted by molar-refractivity contribution is -0.141. The third-order valence-electron chi connectivity index (χ3n) is 2.50. The Labute approximate surface area is 67.0 Å². The molecule has 0 aliphatic carbocycles. The molecule has 64 valence electrons. The van der Waals surface area contributed by atoms with Crippen LogP contribution in [-0.2, 0) is 4.79 Å². The minimum atomic E-state index is -0.677. The lowest BCUT2D eigenvalue weighted by atomic mass is 10.0. The first-order valence-corrected chi connectivity index (χ1v) is 4.08. The number of carboxylic acids is 1. The topological polar surface area (TPSA) is 40.5 Å². The predicted molar refractivity (Wildman–Crippen MR) is 42.5 cm³/mol. The van der Waals surface area contributed by atoms with Crippen molar-refractivity contribution in [1.82, 2.24) is 4.90 Å². The molecule has 0 amide bonds. The number of hydrogen-bond donors (Lipinski definition) is 1. The van der Waals surface area contributed by atoms with Gasteiger partial charge in [0.25, 0.3) is 0 Å². The Kier molecular flexibility index (Phi) is 2.49. The summed E-state index contributed by atoms with van der Waals surface area (Å²) in [5.74, 6) is -0.0930. The molecule has 1 rings (SSSR count). The summed E-state index contributed by atoms with van der Waals surface area (Å²) in [6.45, 7) is 3.05. The standard InChI is InChI=1S/C8H15NO2/c1-3-6-4-7(8(10)11)9(2)5-6/h6-7H,3-5H2,1-2H3,(H,10,11)/t6?,7-/m0/s1. The van der Waals surface area contributed by atoms with E-state index in [1.165, 1.54) is 0 Å². The first kappa shape index (κ1) is 8.53. The molecule has 0 bridgehead atoms. The zero-order valence-corrected chi connectivity index (χ0v) is 7.08. The van der Waals surface area contributed by atoms with Crippen molar-refractivity contribution in [2.24, 2.45) is 5.92 Å². The van der Waals surface area contributed by atoms with Crippen LogP contribution in [0, 0.1) is 5.92 Å². The van der Waals surface area contributed by atoms with Gasteiger partial charge in [0, 0.05) is 6.54 Å². The average Bonchev–Trinajstić information content (AvgIpc) is 2.30. The number of rotatable bonds is 2. The monoisotopic (exact) mass is 157 g/mol. The van der Waals surface area contributed by atoms with Crippen LogP contribution in [0.5, 0.6) is 0 Å². The zero-order valence-electron chi connectivity index (χ0n) is 7.08. The lowest BCUT2D eigenvalue weighted by Crippen LogP contribution is -2.32. The molecule has 0 aromatic heterocycles. The molecule has 3 nitrogen and oxygen atoms in total. The zero-order chi connectivity index (χ0) is 8.43. The fraction of sp³-hybridized carbons (Fsp3) is 0.875. The van der Waals surface area contributed by atoms with Crippen LogP contribution in [0.25, 0.3) is 0 Å². The van der Waals surface area contributed by atoms with Gasteiger partial charge in [0.15, 0.2) is 0 Å². The highest BCUT2D eigenvalue weighted by Crippen LogP contribution is 2.23. The molecular formula is C8H15NO2. The molecule has 0 aromatic rings. The van der Waals surface area contributed by atoms with Crippen LogP contribution in [0.4, 0.5) is 0 Å². The summed E-state index contributed by atoms with van der Waals surface area (Å²) in [4.78, 5) is 12.6. The third kappa shape index (κ3) is 1.71. The van der Waals surface area contributed by atoms with Gasteiger partial charge in [0.2, 0.25) is 0 Å². The highest BCUT2D eigenvalue weighted by molar-refractivity contribution is 5.73. The van der Waals surface area contributed by atoms with Gasteiger partial charge in [-0.15, -0.1) is 0 Å². The van der Waals surface area contributed by atoms with E-state index in [9.17, 15) is 4.79 Å². The molecule has 0 aromatic carbocycles. The van der Waals surface area contributed by atoms with Crippen LogP contribution in [0.2, 0.25) is 0 Å². The maximum atomic E-state index is 10.6. The summed E-state index contributed by atoms with van der Waals surface area (Å²) in [6.07, 6.45) is 1.91. The van der Waals surface area contributed by atoms with Crippen LogP contribution in [0.1, 0.15) is 19.8 Å². The largest absolute Gasteiger partial charge is 0.480 e. The number of aliphatic carboxylic acids is 1. The van der Waals surface area contributed by atoms with Gasteiger partial charge in [0.1, 0.15) is 6.04 Å². The molecule has 0 radical (unpaired) electrons. The first-order valence-electron chi connectivity index (χ1n) is 4.08. The summed E-state index contributed by atoms with van der Waals surface area (Å²) >= 11 is 0. The lowest BCUT2D eigenvalue weighted by Gasteiger charge is -2.13. The quantitative estimate of drug-likeness (QED) is 0.644. The van der Waals surface area contributed by atoms with Crippen LogP contribution in [0.3, 0.4) is 0 Å². The first-order chi connectivity index (χ1) is 5.15. The second-order valence-corrected chi connectivity index (χ2v) is 3.30. The van der Waals surface area contributed by atoms with E-state index in [0.29, 0.717) is 5.92 Å². The molecule has 3 heteroatoms. The molecule has 0 saturated carbocycles. The van der Waals surface area contributed by atoms with Crippen LogP contribution in [0.15, 0.2) is 0 Å². The fourth-order valence-electron chi connectivity index (χ4n) is 1.69. The van der Waals surface area contributed by atoms with Crippen LogP contribution < -0.4 is 0 Å². The van der Waals surface area contributed by atoms with E-state index in [2.05, 4.69) is 6.92 Å². The second kappa shape index (κ2) is 3.22. The van der Waals surface area contributed by atoms with Gasteiger partial charge in [-0.2, -0.15) is 0 Å². The van der Waals surface area contributed by atoms with Gasteiger partial charge in [-0.1, -0.05) is 13.3 Å². The van der Waals surface area contributed by atoms with E-state index in [-0.39, 0.29) is 6.04 Å². The minimum Gasteiger partial charge on any atom is -0.480 e. The maximum Gasteiger partial charge on any atom is 0.320 e. The highest BCUT2D eigenvalue weighted by Gasteiger charge is 2.32. The molecule has 1 aliphatic rings. The van der Waals surface area contributed by atoms with Crippen LogP contribution >= 0.6 is 0 Å². The van der Waals surface area contributed by atoms with Gasteiger partial charge in [-0.3, -0.25) is 9.69 Å². The van der Waals surface area contributed by atoms with E-state index in [1.807, 2.05) is 11.9 Å². The summed E-state index contributed by atoms with van der Waals surface area (Å²) < 4.78 is 0. The SMILES string of the molecule is CCC1C[C@@H](C(=O)O)N(C)C1. The molecule has 1 aliphatic heterocycles. The Morgan fingerprint density at radius 3 is 2.64 bits per heavy atom. The van der Waals surface area contributed by atoms with E-state index in [4.69, 9.17) is 5.11 Å². The summed E-state index contributed by atoms with van der Waals surface area (Å²) in [7, 11) is 1.88. The Bertz CT molecular complexity index is 158. The number of nitrogens with zero attached hydrogens (tertiary/aromatic N) is 1. The third-order valence-corrected chi connectivity index (χ3v) is 2.50. The van der Waals surface area contributed by atoms with Crippen LogP contribution in [-0.4, -0.2) is 35.6 Å². The molecule has 1 N–H and O–H groups in total. The maximum absolute atomic E-state index is 10.6. The normalized spacial score (nSPS) is 32.5. The van der Waals surface area contributed by atoms with E-state index in [0.717, 1.165) is 19.4 Å².